The number of carboxylic acids is 4. The minimum atomic E-state index is -1.33. The highest BCUT2D eigenvalue weighted by molar-refractivity contribution is 6.33. The predicted molar refractivity (Wildman–Crippen MR) is 285 cm³/mol. The van der Waals surface area contributed by atoms with Crippen LogP contribution in [0.2, 0.25) is 10.0 Å². The largest absolute Gasteiger partial charge is 0.486 e. The first-order valence-corrected chi connectivity index (χ1v) is 27.3. The molecule has 0 radical (unpaired) electrons. The van der Waals surface area contributed by atoms with Gasteiger partial charge in [-0.1, -0.05) is 120 Å². The molecule has 9 unspecified atom stereocenters. The second-order valence-electron chi connectivity index (χ2n) is 22.8. The fourth-order valence-electron chi connectivity index (χ4n) is 14.6. The lowest BCUT2D eigenvalue weighted by atomic mass is 9.44. The molecule has 0 saturated heterocycles. The minimum absolute atomic E-state index is 0.00816. The van der Waals surface area contributed by atoms with Crippen LogP contribution in [-0.4, -0.2) is 44.3 Å². The van der Waals surface area contributed by atoms with Crippen molar-refractivity contribution in [2.45, 2.75) is 138 Å². The lowest BCUT2D eigenvalue weighted by Crippen LogP contribution is -2.53. The molecule has 10 nitrogen and oxygen atoms in total. The van der Waals surface area contributed by atoms with Crippen molar-refractivity contribution in [1.29, 1.82) is 0 Å². The Morgan fingerprint density at radius 1 is 0.644 bits per heavy atom. The van der Waals surface area contributed by atoms with Gasteiger partial charge in [0.1, 0.15) is 24.3 Å². The number of halogens is 2. The molecule has 0 spiro atoms. The topological polar surface area (TPSA) is 168 Å². The maximum Gasteiger partial charge on any atom is 0.339 e. The first-order chi connectivity index (χ1) is 34.8. The van der Waals surface area contributed by atoms with E-state index in [1.807, 2.05) is 6.08 Å². The summed E-state index contributed by atoms with van der Waals surface area (Å²) < 4.78 is 11.9. The van der Waals surface area contributed by atoms with Crippen LogP contribution in [0.1, 0.15) is 188 Å². The van der Waals surface area contributed by atoms with Gasteiger partial charge in [0.15, 0.2) is 11.5 Å². The zero-order chi connectivity index (χ0) is 52.4. The van der Waals surface area contributed by atoms with Gasteiger partial charge in [0.05, 0.1) is 21.2 Å². The Balaban J connectivity index is 1.05. The summed E-state index contributed by atoms with van der Waals surface area (Å²) in [4.78, 5) is 49.8. The smallest absolute Gasteiger partial charge is 0.339 e. The Hall–Kier alpha value is -5.32. The molecule has 4 aromatic carbocycles. The Morgan fingerprint density at radius 3 is 1.70 bits per heavy atom. The van der Waals surface area contributed by atoms with Crippen molar-refractivity contribution in [1.82, 2.24) is 0 Å². The molecule has 0 heterocycles. The van der Waals surface area contributed by atoms with Crippen molar-refractivity contribution in [3.05, 3.63) is 133 Å². The van der Waals surface area contributed by atoms with E-state index in [-0.39, 0.29) is 57.0 Å². The number of fused-ring (bicyclic) bond motifs is 5. The first-order valence-electron chi connectivity index (χ1n) is 26.5. The van der Waals surface area contributed by atoms with Crippen molar-refractivity contribution in [3.8, 4) is 11.5 Å². The normalized spacial score (nSPS) is 25.7. The third-order valence-corrected chi connectivity index (χ3v) is 18.9. The average molecular weight is 1040 g/mol. The molecule has 4 aliphatic rings. The monoisotopic (exact) mass is 1030 g/mol. The maximum atomic E-state index is 13.0. The summed E-state index contributed by atoms with van der Waals surface area (Å²) in [5, 5.41) is 40.6. The van der Waals surface area contributed by atoms with Crippen LogP contribution in [0.3, 0.4) is 0 Å². The molecule has 4 aromatic rings. The molecular weight excluding hydrogens is 964 g/mol. The molecule has 0 bridgehead atoms. The molecule has 73 heavy (non-hydrogen) atoms. The van der Waals surface area contributed by atoms with E-state index in [1.54, 1.807) is 48.5 Å². The van der Waals surface area contributed by atoms with E-state index in [2.05, 4.69) is 34.6 Å². The Labute approximate surface area is 440 Å². The standard InChI is InChI=1S/C61H72Cl2O10/c1-35(2)12-10-13-36(3)49-22-23-50-46-21-20-42-28-37(24-26-60(42,4)51(46)25-27-61(49,50)5)14-11-19-43(40-29-47(58(68)69)54(52(62)31-40)72-33-38-15-6-8-17-44(38)56(64)65)41-30-48(59(70)71)55(53(63)32-41)73-34-39-16-7-9-18-45(39)57(66)67/h6-9,15-19,29-32,35-37,42,46,49-51H,10-14,20-28,33-34H2,1-5H3,(H,64,65)(H,66,67)(H,68,69)(H,70,71). The number of rotatable bonds is 20. The van der Waals surface area contributed by atoms with Crippen LogP contribution in [0.15, 0.2) is 78.9 Å². The van der Waals surface area contributed by atoms with E-state index >= 15 is 0 Å². The first kappa shape index (κ1) is 54.0. The quantitative estimate of drug-likeness (QED) is 0.0669. The fourth-order valence-corrected chi connectivity index (χ4v) is 15.2. The fraction of sp³-hybridized carbons (Fsp3) is 0.508. The third kappa shape index (κ3) is 11.4. The molecule has 9 atom stereocenters. The molecule has 390 valence electrons. The molecule has 4 saturated carbocycles. The lowest BCUT2D eigenvalue weighted by molar-refractivity contribution is -0.121. The summed E-state index contributed by atoms with van der Waals surface area (Å²) >= 11 is 13.8. The van der Waals surface area contributed by atoms with Gasteiger partial charge in [-0.2, -0.15) is 0 Å². The van der Waals surface area contributed by atoms with Gasteiger partial charge in [0, 0.05) is 11.1 Å². The lowest BCUT2D eigenvalue weighted by Gasteiger charge is -2.61. The van der Waals surface area contributed by atoms with Crippen molar-refractivity contribution >= 4 is 52.7 Å². The number of carboxylic acid groups (broad SMARTS) is 4. The molecular formula is C61H72Cl2O10. The van der Waals surface area contributed by atoms with Crippen molar-refractivity contribution in [3.63, 3.8) is 0 Å². The highest BCUT2D eigenvalue weighted by atomic mass is 35.5. The zero-order valence-corrected chi connectivity index (χ0v) is 44.4. The van der Waals surface area contributed by atoms with E-state index in [0.29, 0.717) is 56.9 Å². The van der Waals surface area contributed by atoms with Gasteiger partial charge in [-0.05, 0) is 182 Å². The summed E-state index contributed by atoms with van der Waals surface area (Å²) in [6, 6.07) is 18.5. The van der Waals surface area contributed by atoms with Gasteiger partial charge in [0.25, 0.3) is 0 Å². The van der Waals surface area contributed by atoms with Crippen LogP contribution in [0.4, 0.5) is 0 Å². The van der Waals surface area contributed by atoms with Crippen LogP contribution < -0.4 is 9.47 Å². The maximum absolute atomic E-state index is 13.0. The second kappa shape index (κ2) is 22.7. The number of hydrogen-bond donors (Lipinski definition) is 4. The zero-order valence-electron chi connectivity index (χ0n) is 42.9. The molecule has 0 aliphatic heterocycles. The molecule has 0 aromatic heterocycles. The summed E-state index contributed by atoms with van der Waals surface area (Å²) in [7, 11) is 0. The summed E-state index contributed by atoms with van der Waals surface area (Å²) in [5.41, 5.74) is 2.20. The number of aromatic carboxylic acids is 4. The van der Waals surface area contributed by atoms with Crippen LogP contribution in [0, 0.1) is 58.2 Å². The highest BCUT2D eigenvalue weighted by Gasteiger charge is 2.60. The van der Waals surface area contributed by atoms with Gasteiger partial charge < -0.3 is 29.9 Å². The second-order valence-corrected chi connectivity index (χ2v) is 23.6. The summed E-state index contributed by atoms with van der Waals surface area (Å²) in [6.45, 7) is 12.0. The third-order valence-electron chi connectivity index (χ3n) is 18.3. The van der Waals surface area contributed by atoms with Gasteiger partial charge in [-0.15, -0.1) is 0 Å². The van der Waals surface area contributed by atoms with E-state index in [9.17, 15) is 39.6 Å². The number of hydrogen-bond acceptors (Lipinski definition) is 6. The highest BCUT2D eigenvalue weighted by Crippen LogP contribution is 2.69. The molecule has 12 heteroatoms. The molecule has 4 aliphatic carbocycles. The van der Waals surface area contributed by atoms with Crippen LogP contribution >= 0.6 is 23.2 Å². The van der Waals surface area contributed by atoms with E-state index < -0.39 is 23.9 Å². The van der Waals surface area contributed by atoms with Gasteiger partial charge in [0.2, 0.25) is 0 Å². The Bertz CT molecular complexity index is 2610. The van der Waals surface area contributed by atoms with Crippen molar-refractivity contribution in [2.75, 3.05) is 0 Å². The predicted octanol–water partition coefficient (Wildman–Crippen LogP) is 15.9. The van der Waals surface area contributed by atoms with Gasteiger partial charge in [-0.25, -0.2) is 19.2 Å². The van der Waals surface area contributed by atoms with E-state index in [0.717, 1.165) is 48.3 Å². The molecule has 8 rings (SSSR count). The van der Waals surface area contributed by atoms with Crippen LogP contribution in [0.5, 0.6) is 11.5 Å². The van der Waals surface area contributed by atoms with Crippen LogP contribution in [0.25, 0.3) is 5.57 Å². The van der Waals surface area contributed by atoms with Crippen LogP contribution in [-0.2, 0) is 13.2 Å². The number of ether oxygens (including phenoxy) is 2. The van der Waals surface area contributed by atoms with Gasteiger partial charge in [-0.3, -0.25) is 0 Å². The number of benzene rings is 4. The summed E-state index contributed by atoms with van der Waals surface area (Å²) in [6.07, 6.45) is 19.1. The van der Waals surface area contributed by atoms with Gasteiger partial charge >= 0.3 is 23.9 Å². The number of carbonyl (C=O) groups is 4. The van der Waals surface area contributed by atoms with Crippen molar-refractivity contribution in [2.24, 2.45) is 58.2 Å². The average Bonchev–Trinajstić information content (AvgIpc) is 3.71. The molecule has 4 fully saturated rings. The minimum Gasteiger partial charge on any atom is -0.486 e. The van der Waals surface area contributed by atoms with E-state index in [1.165, 1.54) is 94.9 Å². The number of allylic oxidation sites excluding steroid dienone is 1. The Morgan fingerprint density at radius 2 is 1.16 bits per heavy atom. The SMILES string of the molecule is CC(C)CCCC(C)C1CCC2C3CCC4CC(CCC=C(c5cc(Cl)c(OCc6ccccc6C(=O)O)c(C(=O)O)c5)c5cc(Cl)c(OCc6ccccc6C(=O)O)c(C(=O)O)c5)CCC4(C)C3CCC12C. The van der Waals surface area contributed by atoms with Crippen molar-refractivity contribution < 1.29 is 49.1 Å². The molecule has 0 amide bonds. The molecule has 4 N–H and O–H groups in total. The Kier molecular flexibility index (Phi) is 16.7. The van der Waals surface area contributed by atoms with E-state index in [4.69, 9.17) is 32.7 Å². The summed E-state index contributed by atoms with van der Waals surface area (Å²) in [5.74, 6) is 0.679.